The zero-order valence-corrected chi connectivity index (χ0v) is 13.9. The van der Waals surface area contributed by atoms with Gasteiger partial charge in [0.15, 0.2) is 0 Å². The third-order valence-electron chi connectivity index (χ3n) is 3.54. The van der Waals surface area contributed by atoms with Crippen LogP contribution in [0.1, 0.15) is 23.0 Å². The van der Waals surface area contributed by atoms with Crippen molar-refractivity contribution in [3.05, 3.63) is 59.9 Å². The molecule has 0 aliphatic heterocycles. The molecule has 0 saturated carbocycles. The standard InChI is InChI=1S/C18H21N3O3/c1-14(22)21(13-16-5-3-4-10-19-16)12-11-20-18(23)15-6-8-17(24-2)9-7-15/h3-10H,11-13H2,1-2H3,(H,20,23). The number of amides is 2. The Labute approximate surface area is 141 Å². The fraction of sp³-hybridized carbons (Fsp3) is 0.278. The van der Waals surface area contributed by atoms with Crippen LogP contribution in [0.15, 0.2) is 48.7 Å². The van der Waals surface area contributed by atoms with Crippen LogP contribution in [0.25, 0.3) is 0 Å². The highest BCUT2D eigenvalue weighted by Crippen LogP contribution is 2.11. The summed E-state index contributed by atoms with van der Waals surface area (Å²) >= 11 is 0. The molecular weight excluding hydrogens is 306 g/mol. The third kappa shape index (κ3) is 5.08. The summed E-state index contributed by atoms with van der Waals surface area (Å²) in [5.41, 5.74) is 1.36. The molecule has 0 spiro atoms. The second-order valence-electron chi connectivity index (χ2n) is 5.25. The average molecular weight is 327 g/mol. The maximum atomic E-state index is 12.1. The Hall–Kier alpha value is -2.89. The van der Waals surface area contributed by atoms with Gasteiger partial charge in [0.25, 0.3) is 5.91 Å². The van der Waals surface area contributed by atoms with Crippen molar-refractivity contribution in [3.63, 3.8) is 0 Å². The van der Waals surface area contributed by atoms with Gasteiger partial charge in [0, 0.05) is 31.8 Å². The fourth-order valence-corrected chi connectivity index (χ4v) is 2.18. The van der Waals surface area contributed by atoms with Crippen LogP contribution in [0.4, 0.5) is 0 Å². The smallest absolute Gasteiger partial charge is 0.251 e. The van der Waals surface area contributed by atoms with Gasteiger partial charge in [-0.15, -0.1) is 0 Å². The van der Waals surface area contributed by atoms with E-state index in [1.807, 2.05) is 18.2 Å². The lowest BCUT2D eigenvalue weighted by atomic mass is 10.2. The first kappa shape index (κ1) is 17.5. The molecular formula is C18H21N3O3. The topological polar surface area (TPSA) is 71.5 Å². The zero-order chi connectivity index (χ0) is 17.4. The number of carbonyl (C=O) groups is 2. The molecule has 1 heterocycles. The molecule has 1 aromatic carbocycles. The van der Waals surface area contributed by atoms with Crippen molar-refractivity contribution in [3.8, 4) is 5.75 Å². The molecule has 126 valence electrons. The highest BCUT2D eigenvalue weighted by molar-refractivity contribution is 5.94. The van der Waals surface area contributed by atoms with Crippen LogP contribution in [-0.2, 0) is 11.3 Å². The van der Waals surface area contributed by atoms with Crippen LogP contribution in [0.2, 0.25) is 0 Å². The van der Waals surface area contributed by atoms with E-state index in [0.29, 0.717) is 30.9 Å². The molecule has 1 aromatic heterocycles. The van der Waals surface area contributed by atoms with Crippen molar-refractivity contribution in [1.29, 1.82) is 0 Å². The Bertz CT molecular complexity index is 672. The number of rotatable bonds is 7. The number of benzene rings is 1. The van der Waals surface area contributed by atoms with Crippen LogP contribution in [0, 0.1) is 0 Å². The molecule has 1 N–H and O–H groups in total. The Balaban J connectivity index is 1.85. The number of carbonyl (C=O) groups excluding carboxylic acids is 2. The first-order chi connectivity index (χ1) is 11.6. The molecule has 2 rings (SSSR count). The van der Waals surface area contributed by atoms with Crippen LogP contribution < -0.4 is 10.1 Å². The van der Waals surface area contributed by atoms with E-state index in [1.165, 1.54) is 6.92 Å². The summed E-state index contributed by atoms with van der Waals surface area (Å²) in [5, 5.41) is 2.81. The Morgan fingerprint density at radius 3 is 2.50 bits per heavy atom. The van der Waals surface area contributed by atoms with Gasteiger partial charge in [-0.3, -0.25) is 14.6 Å². The van der Waals surface area contributed by atoms with Crippen LogP contribution in [0.3, 0.4) is 0 Å². The second kappa shape index (κ2) is 8.67. The second-order valence-corrected chi connectivity index (χ2v) is 5.25. The minimum Gasteiger partial charge on any atom is -0.497 e. The number of aromatic nitrogens is 1. The van der Waals surface area contributed by atoms with E-state index in [9.17, 15) is 9.59 Å². The Morgan fingerprint density at radius 1 is 1.17 bits per heavy atom. The van der Waals surface area contributed by atoms with Crippen molar-refractivity contribution < 1.29 is 14.3 Å². The average Bonchev–Trinajstić information content (AvgIpc) is 2.61. The molecule has 0 saturated heterocycles. The fourth-order valence-electron chi connectivity index (χ4n) is 2.18. The van der Waals surface area contributed by atoms with Gasteiger partial charge in [0.2, 0.25) is 5.91 Å². The highest BCUT2D eigenvalue weighted by atomic mass is 16.5. The first-order valence-corrected chi connectivity index (χ1v) is 7.68. The molecule has 0 aliphatic carbocycles. The van der Waals surface area contributed by atoms with Crippen LogP contribution >= 0.6 is 0 Å². The van der Waals surface area contributed by atoms with Crippen LogP contribution in [0.5, 0.6) is 5.75 Å². The Kier molecular flexibility index (Phi) is 6.31. The molecule has 0 radical (unpaired) electrons. The molecule has 6 heteroatoms. The van der Waals surface area contributed by atoms with Crippen molar-refractivity contribution >= 4 is 11.8 Å². The first-order valence-electron chi connectivity index (χ1n) is 7.68. The normalized spacial score (nSPS) is 10.1. The summed E-state index contributed by atoms with van der Waals surface area (Å²) in [6.45, 7) is 2.73. The molecule has 24 heavy (non-hydrogen) atoms. The lowest BCUT2D eigenvalue weighted by Crippen LogP contribution is -2.37. The lowest BCUT2D eigenvalue weighted by Gasteiger charge is -2.20. The van der Waals surface area contributed by atoms with Crippen molar-refractivity contribution in [2.75, 3.05) is 20.2 Å². The van der Waals surface area contributed by atoms with E-state index < -0.39 is 0 Å². The largest absolute Gasteiger partial charge is 0.497 e. The predicted molar refractivity (Wildman–Crippen MR) is 90.7 cm³/mol. The van der Waals surface area contributed by atoms with E-state index in [1.54, 1.807) is 42.5 Å². The number of hydrogen-bond donors (Lipinski definition) is 1. The van der Waals surface area contributed by atoms with Gasteiger partial charge in [-0.05, 0) is 36.4 Å². The van der Waals surface area contributed by atoms with E-state index >= 15 is 0 Å². The van der Waals surface area contributed by atoms with Crippen LogP contribution in [-0.4, -0.2) is 41.9 Å². The SMILES string of the molecule is COc1ccc(C(=O)NCCN(Cc2ccccn2)C(C)=O)cc1. The quantitative estimate of drug-likeness (QED) is 0.843. The molecule has 0 unspecified atom stereocenters. The van der Waals surface area contributed by atoms with Gasteiger partial charge >= 0.3 is 0 Å². The molecule has 0 atom stereocenters. The predicted octanol–water partition coefficient (Wildman–Crippen LogP) is 1.87. The van der Waals surface area contributed by atoms with Crippen molar-refractivity contribution in [2.24, 2.45) is 0 Å². The minimum atomic E-state index is -0.181. The van der Waals surface area contributed by atoms with Gasteiger partial charge in [-0.2, -0.15) is 0 Å². The molecule has 0 bridgehead atoms. The summed E-state index contributed by atoms with van der Waals surface area (Å²) < 4.78 is 5.06. The molecule has 2 amide bonds. The molecule has 0 fully saturated rings. The van der Waals surface area contributed by atoms with E-state index in [-0.39, 0.29) is 11.8 Å². The lowest BCUT2D eigenvalue weighted by molar-refractivity contribution is -0.129. The molecule has 6 nitrogen and oxygen atoms in total. The maximum absolute atomic E-state index is 12.1. The molecule has 0 aliphatic rings. The number of pyridine rings is 1. The van der Waals surface area contributed by atoms with Gasteiger partial charge in [0.05, 0.1) is 19.3 Å². The van der Waals surface area contributed by atoms with Crippen molar-refractivity contribution in [2.45, 2.75) is 13.5 Å². The number of ether oxygens (including phenoxy) is 1. The molecule has 2 aromatic rings. The van der Waals surface area contributed by atoms with Gasteiger partial charge in [-0.25, -0.2) is 0 Å². The van der Waals surface area contributed by atoms with Crippen molar-refractivity contribution in [1.82, 2.24) is 15.2 Å². The number of nitrogens with zero attached hydrogens (tertiary/aromatic N) is 2. The van der Waals surface area contributed by atoms with Gasteiger partial charge in [-0.1, -0.05) is 6.07 Å². The summed E-state index contributed by atoms with van der Waals surface area (Å²) in [6, 6.07) is 12.4. The zero-order valence-electron chi connectivity index (χ0n) is 13.9. The summed E-state index contributed by atoms with van der Waals surface area (Å²) in [4.78, 5) is 29.7. The number of nitrogens with one attached hydrogen (secondary N) is 1. The van der Waals surface area contributed by atoms with E-state index in [0.717, 1.165) is 5.69 Å². The van der Waals surface area contributed by atoms with Gasteiger partial charge < -0.3 is 15.0 Å². The summed E-state index contributed by atoms with van der Waals surface area (Å²) in [7, 11) is 1.58. The van der Waals surface area contributed by atoms with E-state index in [4.69, 9.17) is 4.74 Å². The number of methoxy groups -OCH3 is 1. The number of hydrogen-bond acceptors (Lipinski definition) is 4. The monoisotopic (exact) mass is 327 g/mol. The maximum Gasteiger partial charge on any atom is 0.251 e. The summed E-state index contributed by atoms with van der Waals surface area (Å²) in [5.74, 6) is 0.461. The highest BCUT2D eigenvalue weighted by Gasteiger charge is 2.11. The Morgan fingerprint density at radius 2 is 1.92 bits per heavy atom. The van der Waals surface area contributed by atoms with E-state index in [2.05, 4.69) is 10.3 Å². The third-order valence-corrected chi connectivity index (χ3v) is 3.54. The van der Waals surface area contributed by atoms with Gasteiger partial charge in [0.1, 0.15) is 5.75 Å². The minimum absolute atomic E-state index is 0.0562. The summed E-state index contributed by atoms with van der Waals surface area (Å²) in [6.07, 6.45) is 1.69.